The Morgan fingerprint density at radius 2 is 1.94 bits per heavy atom. The Kier molecular flexibility index (Phi) is 5.19. The molecule has 0 saturated heterocycles. The van der Waals surface area contributed by atoms with Crippen LogP contribution in [-0.4, -0.2) is 30.7 Å². The number of fused-ring (bicyclic) bond motifs is 1. The lowest BCUT2D eigenvalue weighted by Crippen LogP contribution is -2.29. The van der Waals surface area contributed by atoms with E-state index < -0.39 is 0 Å². The molecule has 2 fully saturated rings. The van der Waals surface area contributed by atoms with Crippen LogP contribution in [0.5, 0.6) is 0 Å². The lowest BCUT2D eigenvalue weighted by Gasteiger charge is -2.24. The number of nitrogens with zero attached hydrogens (tertiary/aromatic N) is 5. The fraction of sp³-hybridized carbons (Fsp3) is 0.440. The van der Waals surface area contributed by atoms with E-state index >= 15 is 0 Å². The average molecular weight is 431 g/mol. The van der Waals surface area contributed by atoms with Crippen LogP contribution in [0.4, 0.5) is 0 Å². The van der Waals surface area contributed by atoms with Crippen LogP contribution in [0.25, 0.3) is 11.0 Å². The molecule has 0 aliphatic heterocycles. The number of rotatable bonds is 8. The molecule has 7 nitrogen and oxygen atoms in total. The highest BCUT2D eigenvalue weighted by Crippen LogP contribution is 2.46. The molecule has 1 amide bonds. The van der Waals surface area contributed by atoms with Crippen LogP contribution in [0, 0.1) is 0 Å². The molecule has 1 N–H and O–H groups in total. The first kappa shape index (κ1) is 20.7. The van der Waals surface area contributed by atoms with Crippen LogP contribution in [0.3, 0.4) is 0 Å². The fourth-order valence-corrected chi connectivity index (χ4v) is 4.07. The number of allylic oxidation sites excluding steroid dienone is 3. The predicted octanol–water partition coefficient (Wildman–Crippen LogP) is 4.39. The summed E-state index contributed by atoms with van der Waals surface area (Å²) in [4.78, 5) is 12.7. The molecule has 2 aliphatic carbocycles. The summed E-state index contributed by atoms with van der Waals surface area (Å²) >= 11 is 0. The summed E-state index contributed by atoms with van der Waals surface area (Å²) in [5, 5.41) is 16.2. The maximum atomic E-state index is 12.7. The maximum absolute atomic E-state index is 12.7. The number of carbonyl (C=O) groups excluding carboxylic acids is 1. The molecule has 166 valence electrons. The van der Waals surface area contributed by atoms with Gasteiger partial charge in [0.25, 0.3) is 0 Å². The fourth-order valence-electron chi connectivity index (χ4n) is 4.07. The second-order valence-corrected chi connectivity index (χ2v) is 9.47. The van der Waals surface area contributed by atoms with E-state index in [0.29, 0.717) is 11.8 Å². The van der Waals surface area contributed by atoms with E-state index in [1.807, 2.05) is 43.3 Å². The van der Waals surface area contributed by atoms with E-state index in [9.17, 15) is 4.79 Å². The molecule has 3 aromatic rings. The minimum absolute atomic E-state index is 0.116. The Morgan fingerprint density at radius 3 is 2.66 bits per heavy atom. The van der Waals surface area contributed by atoms with Gasteiger partial charge in [-0.2, -0.15) is 5.10 Å². The quantitative estimate of drug-likeness (QED) is 0.538. The van der Waals surface area contributed by atoms with E-state index in [1.165, 1.54) is 37.1 Å². The molecule has 32 heavy (non-hydrogen) atoms. The Morgan fingerprint density at radius 1 is 1.19 bits per heavy atom. The van der Waals surface area contributed by atoms with Crippen molar-refractivity contribution < 1.29 is 4.79 Å². The second-order valence-electron chi connectivity index (χ2n) is 9.47. The van der Waals surface area contributed by atoms with Crippen molar-refractivity contribution in [3.05, 3.63) is 65.6 Å². The zero-order valence-corrected chi connectivity index (χ0v) is 19.0. The van der Waals surface area contributed by atoms with Gasteiger partial charge in [-0.1, -0.05) is 29.5 Å². The molecule has 2 aliphatic rings. The third kappa shape index (κ3) is 4.24. The van der Waals surface area contributed by atoms with Gasteiger partial charge in [-0.3, -0.25) is 9.48 Å². The van der Waals surface area contributed by atoms with Crippen molar-refractivity contribution in [2.45, 2.75) is 70.4 Å². The van der Waals surface area contributed by atoms with Gasteiger partial charge in [0.05, 0.1) is 16.7 Å². The van der Waals surface area contributed by atoms with Gasteiger partial charge in [-0.05, 0) is 70.7 Å². The van der Waals surface area contributed by atoms with E-state index in [4.69, 9.17) is 5.10 Å². The maximum Gasteiger partial charge on any atom is 0.246 e. The van der Waals surface area contributed by atoms with Crippen LogP contribution in [0.15, 0.2) is 54.3 Å². The van der Waals surface area contributed by atoms with Crippen LogP contribution in [0.2, 0.25) is 0 Å². The zero-order valence-electron chi connectivity index (χ0n) is 19.0. The van der Waals surface area contributed by atoms with Crippen molar-refractivity contribution >= 4 is 16.9 Å². The Hall–Kier alpha value is -3.22. The van der Waals surface area contributed by atoms with Gasteiger partial charge in [0.2, 0.25) is 5.91 Å². The van der Waals surface area contributed by atoms with Crippen LogP contribution in [-0.2, 0) is 16.9 Å². The van der Waals surface area contributed by atoms with Crippen LogP contribution >= 0.6 is 0 Å². The van der Waals surface area contributed by atoms with Crippen LogP contribution < -0.4 is 5.32 Å². The molecule has 0 bridgehead atoms. The summed E-state index contributed by atoms with van der Waals surface area (Å²) in [5.41, 5.74) is 4.70. The number of hydrogen-bond acceptors (Lipinski definition) is 4. The Balaban J connectivity index is 1.29. The highest BCUT2D eigenvalue weighted by molar-refractivity contribution is 5.81. The van der Waals surface area contributed by atoms with Crippen molar-refractivity contribution in [3.8, 4) is 0 Å². The van der Waals surface area contributed by atoms with Gasteiger partial charge >= 0.3 is 0 Å². The van der Waals surface area contributed by atoms with Crippen molar-refractivity contribution in [2.75, 3.05) is 0 Å². The summed E-state index contributed by atoms with van der Waals surface area (Å²) in [5.74, 6) is 1.15. The first-order valence-electron chi connectivity index (χ1n) is 11.5. The van der Waals surface area contributed by atoms with Gasteiger partial charge in [-0.25, -0.2) is 4.68 Å². The summed E-state index contributed by atoms with van der Waals surface area (Å²) in [6.45, 7) is 6.39. The number of amides is 1. The summed E-state index contributed by atoms with van der Waals surface area (Å²) < 4.78 is 3.82. The van der Waals surface area contributed by atoms with Gasteiger partial charge in [-0.15, -0.1) is 5.10 Å². The Labute approximate surface area is 188 Å². The minimum Gasteiger partial charge on any atom is -0.325 e. The van der Waals surface area contributed by atoms with E-state index in [2.05, 4.69) is 46.3 Å². The van der Waals surface area contributed by atoms with Gasteiger partial charge in [0.15, 0.2) is 0 Å². The highest BCUT2D eigenvalue weighted by atomic mass is 16.2. The largest absolute Gasteiger partial charge is 0.325 e. The average Bonchev–Trinajstić information content (AvgIpc) is 3.72. The third-order valence-electron chi connectivity index (χ3n) is 6.27. The minimum atomic E-state index is -0.286. The first-order valence-corrected chi connectivity index (χ1v) is 11.5. The Bertz CT molecular complexity index is 1210. The number of hydrogen-bond donors (Lipinski definition) is 1. The monoisotopic (exact) mass is 430 g/mol. The van der Waals surface area contributed by atoms with Gasteiger partial charge < -0.3 is 5.32 Å². The molecule has 0 atom stereocenters. The predicted molar refractivity (Wildman–Crippen MR) is 124 cm³/mol. The van der Waals surface area contributed by atoms with E-state index in [1.54, 1.807) is 4.68 Å². The number of carbonyl (C=O) groups is 1. The summed E-state index contributed by atoms with van der Waals surface area (Å²) in [6, 6.07) is 9.96. The molecule has 0 spiro atoms. The summed E-state index contributed by atoms with van der Waals surface area (Å²) in [7, 11) is 0. The SMILES string of the molecule is C/C=C(\C=C/C(C)(C)n1nc(C2CC2)cc1C1CC1)NC(=O)Cn1nnc2ccccc21. The molecule has 0 radical (unpaired) electrons. The number of benzene rings is 1. The standard InChI is InChI=1S/C25H30N6O/c1-4-19(26-24(32)16-30-22-8-6-5-7-20(22)27-29-30)13-14-25(2,3)31-23(18-11-12-18)15-21(28-31)17-9-10-17/h4-8,13-15,17-18H,9-12,16H2,1-3H3,(H,26,32)/b14-13-,19-4+. The van der Waals surface area contributed by atoms with Gasteiger partial charge in [0.1, 0.15) is 12.1 Å². The van der Waals surface area contributed by atoms with E-state index in [-0.39, 0.29) is 18.0 Å². The lowest BCUT2D eigenvalue weighted by molar-refractivity contribution is -0.121. The molecule has 7 heteroatoms. The zero-order chi connectivity index (χ0) is 22.3. The number of aromatic nitrogens is 5. The molecule has 2 heterocycles. The first-order chi connectivity index (χ1) is 15.4. The molecular formula is C25H30N6O. The van der Waals surface area contributed by atoms with Crippen molar-refractivity contribution in [1.82, 2.24) is 30.1 Å². The second kappa shape index (κ2) is 8.04. The van der Waals surface area contributed by atoms with Gasteiger partial charge in [0, 0.05) is 23.2 Å². The van der Waals surface area contributed by atoms with Crippen molar-refractivity contribution in [3.63, 3.8) is 0 Å². The molecule has 2 aromatic heterocycles. The normalized spacial score (nSPS) is 17.4. The smallest absolute Gasteiger partial charge is 0.246 e. The summed E-state index contributed by atoms with van der Waals surface area (Å²) in [6.07, 6.45) is 11.0. The molecular weight excluding hydrogens is 400 g/mol. The number of para-hydroxylation sites is 1. The topological polar surface area (TPSA) is 77.6 Å². The van der Waals surface area contributed by atoms with Crippen LogP contribution in [0.1, 0.15) is 69.7 Å². The third-order valence-corrected chi connectivity index (χ3v) is 6.27. The van der Waals surface area contributed by atoms with Crippen molar-refractivity contribution in [1.29, 1.82) is 0 Å². The van der Waals surface area contributed by atoms with Crippen molar-refractivity contribution in [2.24, 2.45) is 0 Å². The molecule has 5 rings (SSSR count). The molecule has 1 aromatic carbocycles. The molecule has 2 saturated carbocycles. The van der Waals surface area contributed by atoms with E-state index in [0.717, 1.165) is 16.7 Å². The lowest BCUT2D eigenvalue weighted by atomic mass is 10.0. The molecule has 0 unspecified atom stereocenters. The number of nitrogens with one attached hydrogen (secondary N) is 1. The highest BCUT2D eigenvalue weighted by Gasteiger charge is 2.35.